The highest BCUT2D eigenvalue weighted by atomic mass is 16.2. The minimum atomic E-state index is -0.283. The highest BCUT2D eigenvalue weighted by Gasteiger charge is 2.13. The molecule has 1 aromatic rings. The molecule has 1 heterocycles. The Balaban J connectivity index is 2.82. The quantitative estimate of drug-likeness (QED) is 0.781. The zero-order chi connectivity index (χ0) is 12.8. The number of aryl methyl sites for hydroxylation is 2. The molecule has 94 valence electrons. The van der Waals surface area contributed by atoms with Crippen LogP contribution in [0, 0.1) is 0 Å². The van der Waals surface area contributed by atoms with E-state index in [-0.39, 0.29) is 17.9 Å². The van der Waals surface area contributed by atoms with Crippen molar-refractivity contribution in [2.45, 2.75) is 39.7 Å². The highest BCUT2D eigenvalue weighted by Crippen LogP contribution is 2.06. The Morgan fingerprint density at radius 3 is 2.41 bits per heavy atom. The van der Waals surface area contributed by atoms with Crippen molar-refractivity contribution in [2.24, 2.45) is 0 Å². The number of amides is 1. The minimum Gasteiger partial charge on any atom is -0.309 e. The zero-order valence-electron chi connectivity index (χ0n) is 10.7. The van der Waals surface area contributed by atoms with Gasteiger partial charge in [0.25, 0.3) is 0 Å². The summed E-state index contributed by atoms with van der Waals surface area (Å²) in [6.07, 6.45) is 1.58. The van der Waals surface area contributed by atoms with E-state index >= 15 is 0 Å². The summed E-state index contributed by atoms with van der Waals surface area (Å²) in [4.78, 5) is 15.9. The first-order valence-electron chi connectivity index (χ1n) is 5.82. The molecule has 0 radical (unpaired) electrons. The maximum atomic E-state index is 11.6. The zero-order valence-corrected chi connectivity index (χ0v) is 10.7. The lowest BCUT2D eigenvalue weighted by Crippen LogP contribution is -2.36. The second-order valence-corrected chi connectivity index (χ2v) is 3.74. The van der Waals surface area contributed by atoms with Gasteiger partial charge in [0.1, 0.15) is 0 Å². The minimum absolute atomic E-state index is 0.166. The average molecular weight is 237 g/mol. The largest absolute Gasteiger partial charge is 0.309 e. The Labute approximate surface area is 101 Å². The van der Waals surface area contributed by atoms with Crippen LogP contribution in [0.15, 0.2) is 0 Å². The van der Waals surface area contributed by atoms with Crippen LogP contribution >= 0.6 is 0 Å². The van der Waals surface area contributed by atoms with Crippen LogP contribution in [0.2, 0.25) is 0 Å². The fourth-order valence-corrected chi connectivity index (χ4v) is 1.34. The molecule has 6 heteroatoms. The Bertz CT molecular complexity index is 393. The summed E-state index contributed by atoms with van der Waals surface area (Å²) in [5, 5.41) is 13.4. The number of carbonyl (C=O) groups excluding carboxylic acids is 1. The standard InChI is InChI=1S/C11H19N5O/c1-5-8-9(6-2)15-16-11(13-8)14-10(17)7(3)12-4/h7,12H,5-6H2,1-4H3,(H,13,14,16,17). The number of nitrogens with zero attached hydrogens (tertiary/aromatic N) is 3. The van der Waals surface area contributed by atoms with Crippen LogP contribution in [0.25, 0.3) is 0 Å². The molecule has 1 amide bonds. The van der Waals surface area contributed by atoms with E-state index in [1.807, 2.05) is 13.8 Å². The van der Waals surface area contributed by atoms with E-state index < -0.39 is 0 Å². The van der Waals surface area contributed by atoms with Crippen LogP contribution in [0.5, 0.6) is 0 Å². The summed E-state index contributed by atoms with van der Waals surface area (Å²) in [6.45, 7) is 5.78. The molecule has 2 N–H and O–H groups in total. The van der Waals surface area contributed by atoms with Gasteiger partial charge in [-0.1, -0.05) is 13.8 Å². The predicted molar refractivity (Wildman–Crippen MR) is 65.7 cm³/mol. The van der Waals surface area contributed by atoms with Gasteiger partial charge in [0, 0.05) is 0 Å². The number of likely N-dealkylation sites (N-methyl/N-ethyl adjacent to an activating group) is 1. The third-order valence-electron chi connectivity index (χ3n) is 2.57. The summed E-state index contributed by atoms with van der Waals surface area (Å²) in [7, 11) is 1.72. The smallest absolute Gasteiger partial charge is 0.249 e. The molecule has 0 spiro atoms. The fourth-order valence-electron chi connectivity index (χ4n) is 1.34. The van der Waals surface area contributed by atoms with Crippen molar-refractivity contribution in [1.82, 2.24) is 20.5 Å². The molecule has 6 nitrogen and oxygen atoms in total. The van der Waals surface area contributed by atoms with Crippen molar-refractivity contribution < 1.29 is 4.79 Å². The second-order valence-electron chi connectivity index (χ2n) is 3.74. The molecule has 17 heavy (non-hydrogen) atoms. The first-order valence-corrected chi connectivity index (χ1v) is 5.82. The van der Waals surface area contributed by atoms with Gasteiger partial charge >= 0.3 is 0 Å². The van der Waals surface area contributed by atoms with E-state index in [4.69, 9.17) is 0 Å². The highest BCUT2D eigenvalue weighted by molar-refractivity contribution is 5.92. The van der Waals surface area contributed by atoms with Gasteiger partial charge < -0.3 is 5.32 Å². The van der Waals surface area contributed by atoms with Crippen LogP contribution < -0.4 is 10.6 Å². The molecule has 0 fully saturated rings. The molecule has 1 rings (SSSR count). The van der Waals surface area contributed by atoms with Crippen LogP contribution in [0.3, 0.4) is 0 Å². The van der Waals surface area contributed by atoms with Crippen molar-refractivity contribution in [1.29, 1.82) is 0 Å². The molecule has 1 unspecified atom stereocenters. The molecule has 0 aliphatic carbocycles. The molecular formula is C11H19N5O. The Kier molecular flexibility index (Phi) is 4.96. The summed E-state index contributed by atoms with van der Waals surface area (Å²) in [5.41, 5.74) is 1.77. The fraction of sp³-hybridized carbons (Fsp3) is 0.636. The van der Waals surface area contributed by atoms with Crippen LogP contribution in [0.1, 0.15) is 32.2 Å². The maximum Gasteiger partial charge on any atom is 0.249 e. The first kappa shape index (κ1) is 13.5. The maximum absolute atomic E-state index is 11.6. The topological polar surface area (TPSA) is 79.8 Å². The molecule has 0 saturated carbocycles. The lowest BCUT2D eigenvalue weighted by atomic mass is 10.2. The molecule has 0 bridgehead atoms. The van der Waals surface area contributed by atoms with Crippen LogP contribution in [-0.4, -0.2) is 34.2 Å². The predicted octanol–water partition coefficient (Wildman–Crippen LogP) is 0.543. The van der Waals surface area contributed by atoms with Crippen molar-refractivity contribution in [2.75, 3.05) is 12.4 Å². The molecule has 1 atom stereocenters. The summed E-state index contributed by atoms with van der Waals surface area (Å²) < 4.78 is 0. The van der Waals surface area contributed by atoms with Crippen LogP contribution in [-0.2, 0) is 17.6 Å². The third kappa shape index (κ3) is 3.45. The molecule has 0 aliphatic rings. The van der Waals surface area contributed by atoms with Gasteiger partial charge in [-0.25, -0.2) is 4.98 Å². The summed E-state index contributed by atoms with van der Waals surface area (Å²) in [5.74, 6) is 0.103. The van der Waals surface area contributed by atoms with Gasteiger partial charge in [-0.05, 0) is 26.8 Å². The number of hydrogen-bond donors (Lipinski definition) is 2. The van der Waals surface area contributed by atoms with E-state index in [1.54, 1.807) is 14.0 Å². The van der Waals surface area contributed by atoms with Gasteiger partial charge in [-0.15, -0.1) is 10.2 Å². The summed E-state index contributed by atoms with van der Waals surface area (Å²) in [6, 6.07) is -0.283. The van der Waals surface area contributed by atoms with E-state index in [0.29, 0.717) is 0 Å². The van der Waals surface area contributed by atoms with E-state index in [0.717, 1.165) is 24.2 Å². The monoisotopic (exact) mass is 237 g/mol. The van der Waals surface area contributed by atoms with Crippen LogP contribution in [0.4, 0.5) is 5.95 Å². The molecule has 0 saturated heterocycles. The molecule has 0 aromatic carbocycles. The number of nitrogens with one attached hydrogen (secondary N) is 2. The third-order valence-corrected chi connectivity index (χ3v) is 2.57. The Morgan fingerprint density at radius 1 is 1.24 bits per heavy atom. The van der Waals surface area contributed by atoms with Crippen molar-refractivity contribution in [3.8, 4) is 0 Å². The van der Waals surface area contributed by atoms with Gasteiger partial charge in [-0.3, -0.25) is 10.1 Å². The average Bonchev–Trinajstić information content (AvgIpc) is 2.37. The number of carbonyl (C=O) groups is 1. The van der Waals surface area contributed by atoms with Gasteiger partial charge in [-0.2, -0.15) is 0 Å². The lowest BCUT2D eigenvalue weighted by Gasteiger charge is -2.10. The van der Waals surface area contributed by atoms with E-state index in [2.05, 4.69) is 25.8 Å². The lowest BCUT2D eigenvalue weighted by molar-refractivity contribution is -0.117. The Morgan fingerprint density at radius 2 is 1.88 bits per heavy atom. The van der Waals surface area contributed by atoms with Crippen molar-refractivity contribution in [3.63, 3.8) is 0 Å². The second kappa shape index (κ2) is 6.24. The number of rotatable bonds is 5. The molecular weight excluding hydrogens is 218 g/mol. The summed E-state index contributed by atoms with van der Waals surface area (Å²) >= 11 is 0. The van der Waals surface area contributed by atoms with Crippen molar-refractivity contribution >= 4 is 11.9 Å². The number of aromatic nitrogens is 3. The Hall–Kier alpha value is -1.56. The van der Waals surface area contributed by atoms with Gasteiger partial charge in [0.15, 0.2) is 0 Å². The van der Waals surface area contributed by atoms with Gasteiger partial charge in [0.05, 0.1) is 17.4 Å². The normalized spacial score (nSPS) is 12.2. The molecule has 1 aromatic heterocycles. The number of hydrogen-bond acceptors (Lipinski definition) is 5. The first-order chi connectivity index (χ1) is 8.12. The van der Waals surface area contributed by atoms with E-state index in [1.165, 1.54) is 0 Å². The SMILES string of the molecule is CCc1nnc(NC(=O)C(C)NC)nc1CC. The number of anilines is 1. The van der Waals surface area contributed by atoms with Crippen molar-refractivity contribution in [3.05, 3.63) is 11.4 Å². The van der Waals surface area contributed by atoms with E-state index in [9.17, 15) is 4.79 Å². The molecule has 0 aliphatic heterocycles. The van der Waals surface area contributed by atoms with Gasteiger partial charge in [0.2, 0.25) is 11.9 Å².